The maximum Gasteiger partial charge on any atom is 0.366 e. The highest BCUT2D eigenvalue weighted by Crippen LogP contribution is 1.99. The van der Waals surface area contributed by atoms with Crippen LogP contribution in [-0.2, 0) is 14.3 Å². The highest BCUT2D eigenvalue weighted by molar-refractivity contribution is 5.70. The molecule has 4 nitrogen and oxygen atoms in total. The van der Waals surface area contributed by atoms with Crippen molar-refractivity contribution in [3.63, 3.8) is 0 Å². The molecule has 0 radical (unpaired) electrons. The number of carboxylic acids is 1. The number of alkyl halides is 1. The molecule has 5 heteroatoms. The van der Waals surface area contributed by atoms with Crippen LogP contribution in [0.4, 0.5) is 4.39 Å². The second kappa shape index (κ2) is 9.86. The van der Waals surface area contributed by atoms with Gasteiger partial charge in [0.1, 0.15) is 0 Å². The van der Waals surface area contributed by atoms with Gasteiger partial charge in [-0.3, -0.25) is 0 Å². The lowest BCUT2D eigenvalue weighted by atomic mass is 10.2. The topological polar surface area (TPSA) is 55.8 Å². The maximum absolute atomic E-state index is 12.3. The first-order chi connectivity index (χ1) is 7.18. The van der Waals surface area contributed by atoms with Gasteiger partial charge >= 0.3 is 5.97 Å². The smallest absolute Gasteiger partial charge is 0.366 e. The molecule has 0 fully saturated rings. The standard InChI is InChI=1S/C10H19FO4/c1-2-3-4-5-6-14-7-8-15-9(11)10(12)13/h9H,2-8H2,1H3,(H,12,13). The summed E-state index contributed by atoms with van der Waals surface area (Å²) in [5.41, 5.74) is 0. The Hall–Kier alpha value is -0.680. The second-order valence-electron chi connectivity index (χ2n) is 3.20. The first-order valence-electron chi connectivity index (χ1n) is 5.24. The summed E-state index contributed by atoms with van der Waals surface area (Å²) in [4.78, 5) is 10.00. The van der Waals surface area contributed by atoms with Crippen LogP contribution < -0.4 is 0 Å². The van der Waals surface area contributed by atoms with Crippen molar-refractivity contribution in [1.29, 1.82) is 0 Å². The van der Waals surface area contributed by atoms with Crippen LogP contribution in [-0.4, -0.2) is 37.3 Å². The SMILES string of the molecule is CCCCCCOCCOC(F)C(=O)O. The molecule has 0 heterocycles. The molecule has 0 spiro atoms. The van der Waals surface area contributed by atoms with E-state index in [9.17, 15) is 9.18 Å². The highest BCUT2D eigenvalue weighted by Gasteiger charge is 2.14. The molecule has 0 aliphatic rings. The molecule has 0 amide bonds. The van der Waals surface area contributed by atoms with Gasteiger partial charge in [0.15, 0.2) is 0 Å². The summed E-state index contributed by atoms with van der Waals surface area (Å²) in [5.74, 6) is -1.60. The van der Waals surface area contributed by atoms with E-state index in [4.69, 9.17) is 9.84 Å². The summed E-state index contributed by atoms with van der Waals surface area (Å²) in [5, 5.41) is 8.14. The fraction of sp³-hybridized carbons (Fsp3) is 0.900. The second-order valence-corrected chi connectivity index (χ2v) is 3.20. The minimum atomic E-state index is -2.24. The average Bonchev–Trinajstić information content (AvgIpc) is 2.21. The first-order valence-corrected chi connectivity index (χ1v) is 5.24. The van der Waals surface area contributed by atoms with Crippen molar-refractivity contribution in [3.8, 4) is 0 Å². The van der Waals surface area contributed by atoms with E-state index in [-0.39, 0.29) is 13.2 Å². The van der Waals surface area contributed by atoms with Crippen molar-refractivity contribution < 1.29 is 23.8 Å². The number of hydrogen-bond acceptors (Lipinski definition) is 3. The van der Waals surface area contributed by atoms with E-state index >= 15 is 0 Å². The largest absolute Gasteiger partial charge is 0.477 e. The van der Waals surface area contributed by atoms with Gasteiger partial charge in [-0.2, -0.15) is 0 Å². The molecule has 90 valence electrons. The molecule has 0 saturated carbocycles. The molecule has 0 rings (SSSR count). The van der Waals surface area contributed by atoms with Gasteiger partial charge < -0.3 is 14.6 Å². The molecule has 1 N–H and O–H groups in total. The minimum Gasteiger partial charge on any atom is -0.477 e. The summed E-state index contributed by atoms with van der Waals surface area (Å²) in [6.07, 6.45) is 2.22. The summed E-state index contributed by atoms with van der Waals surface area (Å²) in [6, 6.07) is 0. The fourth-order valence-electron chi connectivity index (χ4n) is 1.01. The van der Waals surface area contributed by atoms with E-state index in [1.165, 1.54) is 12.8 Å². The molecule has 0 aliphatic carbocycles. The molecule has 0 aromatic carbocycles. The van der Waals surface area contributed by atoms with Crippen LogP contribution in [0.3, 0.4) is 0 Å². The van der Waals surface area contributed by atoms with Crippen LogP contribution in [0.15, 0.2) is 0 Å². The quantitative estimate of drug-likeness (QED) is 0.574. The Kier molecular flexibility index (Phi) is 9.41. The fourth-order valence-corrected chi connectivity index (χ4v) is 1.01. The molecule has 15 heavy (non-hydrogen) atoms. The van der Waals surface area contributed by atoms with E-state index in [1.54, 1.807) is 0 Å². The third kappa shape index (κ3) is 9.62. The summed E-state index contributed by atoms with van der Waals surface area (Å²) >= 11 is 0. The van der Waals surface area contributed by atoms with E-state index in [2.05, 4.69) is 11.7 Å². The lowest BCUT2D eigenvalue weighted by molar-refractivity contribution is -0.164. The molecule has 0 aromatic heterocycles. The lowest BCUT2D eigenvalue weighted by Crippen LogP contribution is -2.20. The van der Waals surface area contributed by atoms with Gasteiger partial charge in [0.2, 0.25) is 0 Å². The molecule has 0 saturated heterocycles. The Labute approximate surface area is 89.4 Å². The molecule has 0 aliphatic heterocycles. The molecule has 0 aromatic rings. The van der Waals surface area contributed by atoms with Crippen LogP contribution in [0.2, 0.25) is 0 Å². The Morgan fingerprint density at radius 3 is 2.60 bits per heavy atom. The van der Waals surface area contributed by atoms with Crippen molar-refractivity contribution in [3.05, 3.63) is 0 Å². The molecular formula is C10H19FO4. The van der Waals surface area contributed by atoms with Crippen LogP contribution >= 0.6 is 0 Å². The predicted octanol–water partition coefficient (Wildman–Crippen LogP) is 1.98. The summed E-state index contributed by atoms with van der Waals surface area (Å²) in [7, 11) is 0. The van der Waals surface area contributed by atoms with Crippen LogP contribution in [0.1, 0.15) is 32.6 Å². The van der Waals surface area contributed by atoms with Crippen molar-refractivity contribution in [2.75, 3.05) is 19.8 Å². The van der Waals surface area contributed by atoms with Gasteiger partial charge in [-0.05, 0) is 6.42 Å². The van der Waals surface area contributed by atoms with E-state index in [1.807, 2.05) is 0 Å². The Balaban J connectivity index is 3.08. The number of aliphatic carboxylic acids is 1. The Morgan fingerprint density at radius 1 is 1.27 bits per heavy atom. The monoisotopic (exact) mass is 222 g/mol. The number of halogens is 1. The Morgan fingerprint density at radius 2 is 2.00 bits per heavy atom. The molecule has 0 bridgehead atoms. The van der Waals surface area contributed by atoms with Gasteiger partial charge in [-0.25, -0.2) is 9.18 Å². The number of rotatable bonds is 10. The van der Waals surface area contributed by atoms with Gasteiger partial charge in [0, 0.05) is 6.61 Å². The summed E-state index contributed by atoms with van der Waals surface area (Å²) < 4.78 is 21.8. The number of carbonyl (C=O) groups is 1. The van der Waals surface area contributed by atoms with Gasteiger partial charge in [0.25, 0.3) is 6.36 Å². The van der Waals surface area contributed by atoms with Gasteiger partial charge in [-0.1, -0.05) is 26.2 Å². The van der Waals surface area contributed by atoms with E-state index < -0.39 is 12.3 Å². The van der Waals surface area contributed by atoms with Gasteiger partial charge in [0.05, 0.1) is 13.2 Å². The van der Waals surface area contributed by atoms with Crippen molar-refractivity contribution >= 4 is 5.97 Å². The number of ether oxygens (including phenoxy) is 2. The molecular weight excluding hydrogens is 203 g/mol. The normalized spacial score (nSPS) is 12.7. The zero-order valence-corrected chi connectivity index (χ0v) is 9.08. The zero-order valence-electron chi connectivity index (χ0n) is 9.08. The van der Waals surface area contributed by atoms with Crippen LogP contribution in [0.5, 0.6) is 0 Å². The predicted molar refractivity (Wildman–Crippen MR) is 53.4 cm³/mol. The van der Waals surface area contributed by atoms with Crippen molar-refractivity contribution in [1.82, 2.24) is 0 Å². The first kappa shape index (κ1) is 14.3. The Bertz CT molecular complexity index is 164. The highest BCUT2D eigenvalue weighted by atomic mass is 19.1. The third-order valence-electron chi connectivity index (χ3n) is 1.83. The van der Waals surface area contributed by atoms with Crippen molar-refractivity contribution in [2.45, 2.75) is 39.0 Å². The van der Waals surface area contributed by atoms with E-state index in [0.717, 1.165) is 12.8 Å². The summed E-state index contributed by atoms with van der Waals surface area (Å²) in [6.45, 7) is 2.95. The minimum absolute atomic E-state index is 0.0265. The number of hydrogen-bond donors (Lipinski definition) is 1. The molecule has 1 unspecified atom stereocenters. The van der Waals surface area contributed by atoms with Gasteiger partial charge in [-0.15, -0.1) is 0 Å². The zero-order chi connectivity index (χ0) is 11.5. The maximum atomic E-state index is 12.3. The van der Waals surface area contributed by atoms with Crippen molar-refractivity contribution in [2.24, 2.45) is 0 Å². The van der Waals surface area contributed by atoms with E-state index in [0.29, 0.717) is 6.61 Å². The average molecular weight is 222 g/mol. The number of carboxylic acid groups (broad SMARTS) is 1. The lowest BCUT2D eigenvalue weighted by Gasteiger charge is -2.06. The third-order valence-corrected chi connectivity index (χ3v) is 1.83. The number of unbranched alkanes of at least 4 members (excludes halogenated alkanes) is 3. The van der Waals surface area contributed by atoms with Crippen LogP contribution in [0.25, 0.3) is 0 Å². The molecule has 1 atom stereocenters. The van der Waals surface area contributed by atoms with Crippen LogP contribution in [0, 0.1) is 0 Å².